The van der Waals surface area contributed by atoms with Crippen LogP contribution in [0.4, 0.5) is 0 Å². The number of hydrogen-bond donors (Lipinski definition) is 2. The van der Waals surface area contributed by atoms with Crippen molar-refractivity contribution in [3.05, 3.63) is 23.8 Å². The molecular formula is C15H21NO5. The van der Waals surface area contributed by atoms with E-state index in [1.54, 1.807) is 25.1 Å². The topological polar surface area (TPSA) is 84.9 Å². The molecule has 1 aromatic carbocycles. The Morgan fingerprint density at radius 2 is 2.05 bits per heavy atom. The van der Waals surface area contributed by atoms with Crippen LogP contribution in [0, 0.1) is 0 Å². The van der Waals surface area contributed by atoms with Gasteiger partial charge in [-0.3, -0.25) is 9.59 Å². The highest BCUT2D eigenvalue weighted by molar-refractivity contribution is 5.95. The van der Waals surface area contributed by atoms with Crippen molar-refractivity contribution in [2.45, 2.75) is 32.7 Å². The number of amides is 1. The maximum Gasteiger partial charge on any atom is 0.305 e. The van der Waals surface area contributed by atoms with E-state index >= 15 is 0 Å². The standard InChI is InChI=1S/C15H21NO5/c1-4-7-21-12-6-5-11(9-13(12)20-3)15(19)16-10(2)8-14(17)18/h5-6,9-10H,4,7-8H2,1-3H3,(H,16,19)(H,17,18). The molecule has 6 nitrogen and oxygen atoms in total. The van der Waals surface area contributed by atoms with Gasteiger partial charge in [-0.05, 0) is 31.5 Å². The Morgan fingerprint density at radius 3 is 2.62 bits per heavy atom. The van der Waals surface area contributed by atoms with Gasteiger partial charge in [0, 0.05) is 11.6 Å². The molecule has 0 aromatic heterocycles. The first-order valence-electron chi connectivity index (χ1n) is 6.81. The number of rotatable bonds is 8. The summed E-state index contributed by atoms with van der Waals surface area (Å²) in [5.41, 5.74) is 0.396. The quantitative estimate of drug-likeness (QED) is 0.767. The lowest BCUT2D eigenvalue weighted by atomic mass is 10.1. The summed E-state index contributed by atoms with van der Waals surface area (Å²) >= 11 is 0. The van der Waals surface area contributed by atoms with Gasteiger partial charge < -0.3 is 19.9 Å². The van der Waals surface area contributed by atoms with Crippen molar-refractivity contribution in [2.75, 3.05) is 13.7 Å². The van der Waals surface area contributed by atoms with Crippen molar-refractivity contribution < 1.29 is 24.2 Å². The summed E-state index contributed by atoms with van der Waals surface area (Å²) in [4.78, 5) is 22.6. The molecule has 1 unspecified atom stereocenters. The third-order valence-electron chi connectivity index (χ3n) is 2.75. The van der Waals surface area contributed by atoms with E-state index in [1.165, 1.54) is 7.11 Å². The molecule has 0 saturated carbocycles. The number of carboxylic acids is 1. The molecule has 6 heteroatoms. The minimum Gasteiger partial charge on any atom is -0.493 e. The Bertz CT molecular complexity index is 501. The molecule has 0 aliphatic rings. The van der Waals surface area contributed by atoms with Crippen molar-refractivity contribution in [3.63, 3.8) is 0 Å². The van der Waals surface area contributed by atoms with Crippen LogP contribution in [0.2, 0.25) is 0 Å². The van der Waals surface area contributed by atoms with Crippen LogP contribution in [0.15, 0.2) is 18.2 Å². The van der Waals surface area contributed by atoms with Gasteiger partial charge in [-0.25, -0.2) is 0 Å². The van der Waals surface area contributed by atoms with Crippen LogP contribution in [-0.4, -0.2) is 36.7 Å². The van der Waals surface area contributed by atoms with Gasteiger partial charge in [-0.15, -0.1) is 0 Å². The number of ether oxygens (including phenoxy) is 2. The lowest BCUT2D eigenvalue weighted by Gasteiger charge is -2.14. The first-order chi connectivity index (χ1) is 9.97. The van der Waals surface area contributed by atoms with Crippen LogP contribution in [0.1, 0.15) is 37.0 Å². The van der Waals surface area contributed by atoms with E-state index in [2.05, 4.69) is 5.32 Å². The number of carboxylic acid groups (broad SMARTS) is 1. The van der Waals surface area contributed by atoms with Crippen molar-refractivity contribution in [2.24, 2.45) is 0 Å². The molecule has 2 N–H and O–H groups in total. The molecule has 0 bridgehead atoms. The normalized spacial score (nSPS) is 11.6. The average Bonchev–Trinajstić information content (AvgIpc) is 2.43. The van der Waals surface area contributed by atoms with Gasteiger partial charge in [0.1, 0.15) is 0 Å². The van der Waals surface area contributed by atoms with Crippen LogP contribution < -0.4 is 14.8 Å². The molecule has 0 heterocycles. The molecule has 0 saturated heterocycles. The van der Waals surface area contributed by atoms with Gasteiger partial charge in [-0.1, -0.05) is 6.92 Å². The van der Waals surface area contributed by atoms with Crippen LogP contribution >= 0.6 is 0 Å². The Hall–Kier alpha value is -2.24. The lowest BCUT2D eigenvalue weighted by Crippen LogP contribution is -2.34. The number of benzene rings is 1. The van der Waals surface area contributed by atoms with Gasteiger partial charge >= 0.3 is 5.97 Å². The summed E-state index contributed by atoms with van der Waals surface area (Å²) in [5.74, 6) is -0.246. The molecule has 0 spiro atoms. The molecule has 0 fully saturated rings. The number of methoxy groups -OCH3 is 1. The van der Waals surface area contributed by atoms with Crippen molar-refractivity contribution in [1.82, 2.24) is 5.32 Å². The summed E-state index contributed by atoms with van der Waals surface area (Å²) in [6, 6.07) is 4.42. The van der Waals surface area contributed by atoms with Crippen molar-refractivity contribution in [1.29, 1.82) is 0 Å². The fourth-order valence-electron chi connectivity index (χ4n) is 1.76. The lowest BCUT2D eigenvalue weighted by molar-refractivity contribution is -0.137. The Kier molecular flexibility index (Phi) is 6.52. The Morgan fingerprint density at radius 1 is 1.33 bits per heavy atom. The third kappa shape index (κ3) is 5.33. The van der Waals surface area contributed by atoms with Crippen LogP contribution in [0.25, 0.3) is 0 Å². The molecule has 1 rings (SSSR count). The van der Waals surface area contributed by atoms with E-state index in [-0.39, 0.29) is 12.3 Å². The fourth-order valence-corrected chi connectivity index (χ4v) is 1.76. The minimum atomic E-state index is -0.955. The number of aliphatic carboxylic acids is 1. The smallest absolute Gasteiger partial charge is 0.305 e. The van der Waals surface area contributed by atoms with E-state index in [9.17, 15) is 9.59 Å². The van der Waals surface area contributed by atoms with E-state index in [0.717, 1.165) is 6.42 Å². The Balaban J connectivity index is 2.78. The number of nitrogens with one attached hydrogen (secondary N) is 1. The fraction of sp³-hybridized carbons (Fsp3) is 0.467. The van der Waals surface area contributed by atoms with Crippen LogP contribution in [-0.2, 0) is 4.79 Å². The molecule has 1 aromatic rings. The highest BCUT2D eigenvalue weighted by Crippen LogP contribution is 2.28. The van der Waals surface area contributed by atoms with Crippen molar-refractivity contribution in [3.8, 4) is 11.5 Å². The van der Waals surface area contributed by atoms with Gasteiger partial charge in [0.15, 0.2) is 11.5 Å². The monoisotopic (exact) mass is 295 g/mol. The first kappa shape index (κ1) is 16.8. The molecular weight excluding hydrogens is 274 g/mol. The zero-order valence-corrected chi connectivity index (χ0v) is 12.5. The predicted octanol–water partition coefficient (Wildman–Crippen LogP) is 2.08. The molecule has 116 valence electrons. The van der Waals surface area contributed by atoms with Gasteiger partial charge in [0.2, 0.25) is 0 Å². The summed E-state index contributed by atoms with van der Waals surface area (Å²) in [6.45, 7) is 4.21. The van der Waals surface area contributed by atoms with E-state index < -0.39 is 12.0 Å². The third-order valence-corrected chi connectivity index (χ3v) is 2.75. The number of carbonyl (C=O) groups is 2. The van der Waals surface area contributed by atoms with Crippen molar-refractivity contribution >= 4 is 11.9 Å². The second-order valence-electron chi connectivity index (χ2n) is 4.69. The van der Waals surface area contributed by atoms with Gasteiger partial charge in [0.05, 0.1) is 20.1 Å². The van der Waals surface area contributed by atoms with E-state index in [0.29, 0.717) is 23.7 Å². The van der Waals surface area contributed by atoms with E-state index in [4.69, 9.17) is 14.6 Å². The molecule has 0 aliphatic heterocycles. The summed E-state index contributed by atoms with van der Waals surface area (Å²) < 4.78 is 10.7. The van der Waals surface area contributed by atoms with E-state index in [1.807, 2.05) is 6.92 Å². The summed E-state index contributed by atoms with van der Waals surface area (Å²) in [6.07, 6.45) is 0.749. The van der Waals surface area contributed by atoms with Crippen LogP contribution in [0.5, 0.6) is 11.5 Å². The second-order valence-corrected chi connectivity index (χ2v) is 4.69. The molecule has 0 aliphatic carbocycles. The molecule has 0 radical (unpaired) electrons. The maximum atomic E-state index is 12.0. The highest BCUT2D eigenvalue weighted by Gasteiger charge is 2.15. The van der Waals surface area contributed by atoms with Crippen LogP contribution in [0.3, 0.4) is 0 Å². The SMILES string of the molecule is CCCOc1ccc(C(=O)NC(C)CC(=O)O)cc1OC. The second kappa shape index (κ2) is 8.14. The predicted molar refractivity (Wildman–Crippen MR) is 78.0 cm³/mol. The zero-order valence-electron chi connectivity index (χ0n) is 12.5. The minimum absolute atomic E-state index is 0.124. The summed E-state index contributed by atoms with van der Waals surface area (Å²) in [5, 5.41) is 11.3. The number of hydrogen-bond acceptors (Lipinski definition) is 4. The maximum absolute atomic E-state index is 12.0. The van der Waals surface area contributed by atoms with Gasteiger partial charge in [-0.2, -0.15) is 0 Å². The largest absolute Gasteiger partial charge is 0.493 e. The molecule has 1 amide bonds. The zero-order chi connectivity index (χ0) is 15.8. The average molecular weight is 295 g/mol. The highest BCUT2D eigenvalue weighted by atomic mass is 16.5. The molecule has 21 heavy (non-hydrogen) atoms. The number of carbonyl (C=O) groups excluding carboxylic acids is 1. The Labute approximate surface area is 124 Å². The first-order valence-corrected chi connectivity index (χ1v) is 6.81. The summed E-state index contributed by atoms with van der Waals surface area (Å²) in [7, 11) is 1.50. The molecule has 1 atom stereocenters. The van der Waals surface area contributed by atoms with Gasteiger partial charge in [0.25, 0.3) is 5.91 Å².